The number of benzene rings is 1. The van der Waals surface area contributed by atoms with E-state index in [2.05, 4.69) is 36.6 Å². The second-order valence-corrected chi connectivity index (χ2v) is 3.67. The molecule has 0 amide bonds. The van der Waals surface area contributed by atoms with Gasteiger partial charge in [-0.3, -0.25) is 0 Å². The smallest absolute Gasteiger partial charge is 0.142 e. The number of nitrogens with one attached hydrogen (secondary N) is 2. The molecule has 0 aliphatic rings. The van der Waals surface area contributed by atoms with Crippen molar-refractivity contribution in [3.05, 3.63) is 23.3 Å². The number of hydrogen-bond donors (Lipinski definition) is 2. The van der Waals surface area contributed by atoms with Crippen molar-refractivity contribution >= 4 is 5.69 Å². The van der Waals surface area contributed by atoms with Crippen molar-refractivity contribution in [3.8, 4) is 5.75 Å². The molecule has 0 heterocycles. The van der Waals surface area contributed by atoms with Crippen molar-refractivity contribution in [2.24, 2.45) is 0 Å². The minimum atomic E-state index is 0.898. The lowest BCUT2D eigenvalue weighted by atomic mass is 10.1. The zero-order valence-electron chi connectivity index (χ0n) is 9.98. The number of aryl methyl sites for hydroxylation is 2. The van der Waals surface area contributed by atoms with E-state index in [-0.39, 0.29) is 0 Å². The summed E-state index contributed by atoms with van der Waals surface area (Å²) in [4.78, 5) is 0. The van der Waals surface area contributed by atoms with Crippen LogP contribution in [-0.2, 0) is 0 Å². The van der Waals surface area contributed by atoms with E-state index in [4.69, 9.17) is 4.74 Å². The third kappa shape index (κ3) is 3.13. The molecule has 0 aromatic heterocycles. The Morgan fingerprint density at radius 2 is 1.80 bits per heavy atom. The average Bonchev–Trinajstić information content (AvgIpc) is 2.23. The zero-order valence-corrected chi connectivity index (χ0v) is 9.98. The molecule has 0 radical (unpaired) electrons. The van der Waals surface area contributed by atoms with E-state index in [1.54, 1.807) is 7.11 Å². The summed E-state index contributed by atoms with van der Waals surface area (Å²) in [6.07, 6.45) is 0. The van der Waals surface area contributed by atoms with Crippen LogP contribution in [0.4, 0.5) is 5.69 Å². The predicted molar refractivity (Wildman–Crippen MR) is 64.9 cm³/mol. The second kappa shape index (κ2) is 5.61. The summed E-state index contributed by atoms with van der Waals surface area (Å²) in [7, 11) is 3.65. The van der Waals surface area contributed by atoms with Gasteiger partial charge in [-0.15, -0.1) is 0 Å². The summed E-state index contributed by atoms with van der Waals surface area (Å²) < 4.78 is 5.33. The van der Waals surface area contributed by atoms with E-state index in [0.717, 1.165) is 24.5 Å². The third-order valence-electron chi connectivity index (χ3n) is 2.51. The molecule has 0 saturated carbocycles. The van der Waals surface area contributed by atoms with Gasteiger partial charge in [-0.05, 0) is 44.2 Å². The molecule has 0 aliphatic heterocycles. The number of ether oxygens (including phenoxy) is 1. The van der Waals surface area contributed by atoms with Crippen LogP contribution in [0.15, 0.2) is 12.1 Å². The van der Waals surface area contributed by atoms with Gasteiger partial charge in [-0.1, -0.05) is 0 Å². The van der Waals surface area contributed by atoms with Gasteiger partial charge in [-0.25, -0.2) is 0 Å². The quantitative estimate of drug-likeness (QED) is 0.726. The Hall–Kier alpha value is -1.22. The number of methoxy groups -OCH3 is 1. The van der Waals surface area contributed by atoms with Crippen LogP contribution in [0.25, 0.3) is 0 Å². The van der Waals surface area contributed by atoms with Crippen molar-refractivity contribution in [2.75, 3.05) is 32.6 Å². The first kappa shape index (κ1) is 11.9. The lowest BCUT2D eigenvalue weighted by molar-refractivity contribution is 0.416. The Labute approximate surface area is 91.8 Å². The van der Waals surface area contributed by atoms with Gasteiger partial charge in [0.05, 0.1) is 12.8 Å². The summed E-state index contributed by atoms with van der Waals surface area (Å²) in [5, 5.41) is 6.44. The Morgan fingerprint density at radius 1 is 1.13 bits per heavy atom. The molecular weight excluding hydrogens is 188 g/mol. The summed E-state index contributed by atoms with van der Waals surface area (Å²) >= 11 is 0. The van der Waals surface area contributed by atoms with Gasteiger partial charge in [-0.2, -0.15) is 0 Å². The molecule has 15 heavy (non-hydrogen) atoms. The Bertz CT molecular complexity index is 324. The van der Waals surface area contributed by atoms with Gasteiger partial charge < -0.3 is 15.4 Å². The Kier molecular flexibility index (Phi) is 4.43. The number of hydrogen-bond acceptors (Lipinski definition) is 3. The van der Waals surface area contributed by atoms with Gasteiger partial charge in [0.2, 0.25) is 0 Å². The maximum absolute atomic E-state index is 5.33. The average molecular weight is 208 g/mol. The van der Waals surface area contributed by atoms with E-state index in [0.29, 0.717) is 0 Å². The fourth-order valence-corrected chi connectivity index (χ4v) is 1.42. The van der Waals surface area contributed by atoms with Crippen LogP contribution in [-0.4, -0.2) is 27.2 Å². The summed E-state index contributed by atoms with van der Waals surface area (Å²) in [6.45, 7) is 6.04. The molecule has 0 aliphatic carbocycles. The molecule has 2 N–H and O–H groups in total. The van der Waals surface area contributed by atoms with Crippen LogP contribution in [0.3, 0.4) is 0 Å². The molecule has 1 rings (SSSR count). The van der Waals surface area contributed by atoms with Crippen molar-refractivity contribution in [1.82, 2.24) is 5.32 Å². The highest BCUT2D eigenvalue weighted by molar-refractivity contribution is 5.60. The number of likely N-dealkylation sites (N-methyl/N-ethyl adjacent to an activating group) is 1. The van der Waals surface area contributed by atoms with Crippen molar-refractivity contribution in [2.45, 2.75) is 13.8 Å². The fraction of sp³-hybridized carbons (Fsp3) is 0.500. The van der Waals surface area contributed by atoms with Crippen LogP contribution in [0, 0.1) is 13.8 Å². The van der Waals surface area contributed by atoms with E-state index >= 15 is 0 Å². The topological polar surface area (TPSA) is 33.3 Å². The molecule has 0 spiro atoms. The lowest BCUT2D eigenvalue weighted by Crippen LogP contribution is -2.18. The summed E-state index contributed by atoms with van der Waals surface area (Å²) in [5.41, 5.74) is 3.60. The fourth-order valence-electron chi connectivity index (χ4n) is 1.42. The van der Waals surface area contributed by atoms with Gasteiger partial charge in [0.15, 0.2) is 0 Å². The SMILES string of the molecule is CNCCNc1cc(C)c(C)cc1OC. The first-order valence-electron chi connectivity index (χ1n) is 5.22. The van der Waals surface area contributed by atoms with Gasteiger partial charge in [0.1, 0.15) is 5.75 Å². The normalized spacial score (nSPS) is 10.1. The van der Waals surface area contributed by atoms with Crippen molar-refractivity contribution < 1.29 is 4.74 Å². The standard InChI is InChI=1S/C12H20N2O/c1-9-7-11(14-6-5-13-3)12(15-4)8-10(9)2/h7-8,13-14H,5-6H2,1-4H3. The van der Waals surface area contributed by atoms with E-state index < -0.39 is 0 Å². The first-order chi connectivity index (χ1) is 7.19. The minimum Gasteiger partial charge on any atom is -0.495 e. The van der Waals surface area contributed by atoms with Crippen LogP contribution in [0.1, 0.15) is 11.1 Å². The maximum atomic E-state index is 5.33. The number of anilines is 1. The Balaban J connectivity index is 2.80. The molecule has 0 fully saturated rings. The molecular formula is C12H20N2O. The third-order valence-corrected chi connectivity index (χ3v) is 2.51. The van der Waals surface area contributed by atoms with Crippen LogP contribution in [0.2, 0.25) is 0 Å². The molecule has 0 saturated heterocycles. The van der Waals surface area contributed by atoms with Crippen LogP contribution >= 0.6 is 0 Å². The second-order valence-electron chi connectivity index (χ2n) is 3.67. The van der Waals surface area contributed by atoms with Crippen LogP contribution in [0.5, 0.6) is 5.75 Å². The number of rotatable bonds is 5. The highest BCUT2D eigenvalue weighted by Gasteiger charge is 2.04. The van der Waals surface area contributed by atoms with Crippen molar-refractivity contribution in [1.29, 1.82) is 0 Å². The van der Waals surface area contributed by atoms with E-state index in [1.807, 2.05) is 7.05 Å². The molecule has 1 aromatic carbocycles. The predicted octanol–water partition coefficient (Wildman–Crippen LogP) is 1.94. The summed E-state index contributed by atoms with van der Waals surface area (Å²) in [6, 6.07) is 4.20. The van der Waals surface area contributed by atoms with Gasteiger partial charge in [0, 0.05) is 13.1 Å². The van der Waals surface area contributed by atoms with Gasteiger partial charge >= 0.3 is 0 Å². The highest BCUT2D eigenvalue weighted by Crippen LogP contribution is 2.27. The molecule has 0 atom stereocenters. The highest BCUT2D eigenvalue weighted by atomic mass is 16.5. The summed E-state index contributed by atoms with van der Waals surface area (Å²) in [5.74, 6) is 0.911. The zero-order chi connectivity index (χ0) is 11.3. The maximum Gasteiger partial charge on any atom is 0.142 e. The molecule has 0 unspecified atom stereocenters. The van der Waals surface area contributed by atoms with E-state index in [1.165, 1.54) is 11.1 Å². The largest absolute Gasteiger partial charge is 0.495 e. The minimum absolute atomic E-state index is 0.898. The first-order valence-corrected chi connectivity index (χ1v) is 5.22. The molecule has 0 bridgehead atoms. The van der Waals surface area contributed by atoms with E-state index in [9.17, 15) is 0 Å². The Morgan fingerprint density at radius 3 is 2.40 bits per heavy atom. The monoisotopic (exact) mass is 208 g/mol. The van der Waals surface area contributed by atoms with Gasteiger partial charge in [0.25, 0.3) is 0 Å². The molecule has 3 nitrogen and oxygen atoms in total. The molecule has 1 aromatic rings. The molecule has 84 valence electrons. The lowest BCUT2D eigenvalue weighted by Gasteiger charge is -2.13. The molecule has 3 heteroatoms. The van der Waals surface area contributed by atoms with Crippen molar-refractivity contribution in [3.63, 3.8) is 0 Å². The van der Waals surface area contributed by atoms with Crippen LogP contribution < -0.4 is 15.4 Å².